The van der Waals surface area contributed by atoms with Crippen LogP contribution in [0.1, 0.15) is 0 Å². The second-order valence-electron chi connectivity index (χ2n) is 2.23. The zero-order valence-corrected chi connectivity index (χ0v) is 7.12. The zero-order valence-electron chi connectivity index (χ0n) is 5.54. The van der Waals surface area contributed by atoms with Crippen LogP contribution in [-0.4, -0.2) is 5.11 Å². The maximum Gasteiger partial charge on any atom is 0.135 e. The van der Waals surface area contributed by atoms with E-state index in [0.717, 1.165) is 10.1 Å². The van der Waals surface area contributed by atoms with E-state index in [2.05, 4.69) is 0 Å². The molecule has 0 unspecified atom stereocenters. The molecule has 2 aromatic rings. The average molecular weight is 185 g/mol. The molecule has 0 radical (unpaired) electrons. The third-order valence-corrected chi connectivity index (χ3v) is 2.78. The first kappa shape index (κ1) is 6.95. The van der Waals surface area contributed by atoms with Gasteiger partial charge in [0.1, 0.15) is 5.75 Å². The molecule has 0 fully saturated rings. The molecular weight excluding hydrogens is 180 g/mol. The Kier molecular flexibility index (Phi) is 1.51. The number of hydrogen-bond donors (Lipinski definition) is 1. The highest BCUT2D eigenvalue weighted by molar-refractivity contribution is 7.17. The van der Waals surface area contributed by atoms with Crippen molar-refractivity contribution in [2.75, 3.05) is 0 Å². The maximum atomic E-state index is 9.32. The Labute approximate surface area is 72.9 Å². The minimum atomic E-state index is 0.274. The molecule has 56 valence electrons. The number of rotatable bonds is 0. The minimum Gasteiger partial charge on any atom is -0.506 e. The maximum absolute atomic E-state index is 9.32. The summed E-state index contributed by atoms with van der Waals surface area (Å²) in [6.07, 6.45) is 0. The number of aromatic hydroxyl groups is 1. The van der Waals surface area contributed by atoms with Gasteiger partial charge in [0, 0.05) is 10.1 Å². The van der Waals surface area contributed by atoms with E-state index in [4.69, 9.17) is 11.6 Å². The molecule has 1 aromatic heterocycles. The Hall–Kier alpha value is -0.730. The van der Waals surface area contributed by atoms with Gasteiger partial charge in [-0.15, -0.1) is 11.3 Å². The van der Waals surface area contributed by atoms with Gasteiger partial charge >= 0.3 is 0 Å². The number of halogens is 1. The van der Waals surface area contributed by atoms with Gasteiger partial charge in [0.25, 0.3) is 0 Å². The number of fused-ring (bicyclic) bond motifs is 1. The highest BCUT2D eigenvalue weighted by atomic mass is 35.5. The number of benzene rings is 1. The van der Waals surface area contributed by atoms with Gasteiger partial charge < -0.3 is 5.11 Å². The molecule has 0 spiro atoms. The van der Waals surface area contributed by atoms with Gasteiger partial charge in [-0.3, -0.25) is 0 Å². The summed E-state index contributed by atoms with van der Waals surface area (Å²) in [6.45, 7) is 0. The van der Waals surface area contributed by atoms with Gasteiger partial charge in [-0.25, -0.2) is 0 Å². The third kappa shape index (κ3) is 0.988. The molecule has 0 aliphatic rings. The van der Waals surface area contributed by atoms with E-state index < -0.39 is 0 Å². The summed E-state index contributed by atoms with van der Waals surface area (Å²) >= 11 is 7.34. The molecule has 0 aliphatic heterocycles. The molecule has 1 heterocycles. The molecule has 1 aromatic carbocycles. The molecule has 3 heteroatoms. The minimum absolute atomic E-state index is 0.274. The van der Waals surface area contributed by atoms with Crippen LogP contribution >= 0.6 is 22.9 Å². The monoisotopic (exact) mass is 184 g/mol. The number of thiophene rings is 1. The summed E-state index contributed by atoms with van der Waals surface area (Å²) in [7, 11) is 0. The smallest absolute Gasteiger partial charge is 0.135 e. The summed E-state index contributed by atoms with van der Waals surface area (Å²) in [4.78, 5) is 0. The summed E-state index contributed by atoms with van der Waals surface area (Å²) < 4.78 is 1.02. The van der Waals surface area contributed by atoms with Gasteiger partial charge in [-0.1, -0.05) is 17.7 Å². The Morgan fingerprint density at radius 1 is 1.36 bits per heavy atom. The third-order valence-electron chi connectivity index (χ3n) is 1.53. The Morgan fingerprint density at radius 2 is 2.18 bits per heavy atom. The van der Waals surface area contributed by atoms with Crippen LogP contribution in [0.15, 0.2) is 23.6 Å². The lowest BCUT2D eigenvalue weighted by Crippen LogP contribution is -1.65. The lowest BCUT2D eigenvalue weighted by atomic mass is 10.2. The first-order chi connectivity index (χ1) is 5.29. The molecule has 0 bridgehead atoms. The van der Waals surface area contributed by atoms with Gasteiger partial charge in [-0.05, 0) is 12.1 Å². The van der Waals surface area contributed by atoms with Crippen LogP contribution in [0.4, 0.5) is 0 Å². The molecular formula is C8H5ClOS. The first-order valence-electron chi connectivity index (χ1n) is 3.14. The van der Waals surface area contributed by atoms with E-state index in [1.54, 1.807) is 11.4 Å². The van der Waals surface area contributed by atoms with Crippen LogP contribution < -0.4 is 0 Å². The lowest BCUT2D eigenvalue weighted by Gasteiger charge is -1.92. The van der Waals surface area contributed by atoms with E-state index >= 15 is 0 Å². The fourth-order valence-electron chi connectivity index (χ4n) is 1.03. The van der Waals surface area contributed by atoms with Crippen molar-refractivity contribution in [2.45, 2.75) is 0 Å². The predicted octanol–water partition coefficient (Wildman–Crippen LogP) is 3.26. The molecule has 0 atom stereocenters. The Bertz CT molecular complexity index is 394. The zero-order chi connectivity index (χ0) is 7.84. The summed E-state index contributed by atoms with van der Waals surface area (Å²) in [6, 6.07) is 5.59. The van der Waals surface area contributed by atoms with E-state index in [1.807, 2.05) is 12.1 Å². The SMILES string of the molecule is Oc1csc2cccc(Cl)c12. The quantitative estimate of drug-likeness (QED) is 0.667. The molecule has 0 saturated carbocycles. The van der Waals surface area contributed by atoms with Crippen molar-refractivity contribution in [3.8, 4) is 5.75 Å². The van der Waals surface area contributed by atoms with Crippen LogP contribution in [0.5, 0.6) is 5.75 Å². The Morgan fingerprint density at radius 3 is 2.91 bits per heavy atom. The van der Waals surface area contributed by atoms with Crippen molar-refractivity contribution >= 4 is 33.0 Å². The van der Waals surface area contributed by atoms with Crippen molar-refractivity contribution in [2.24, 2.45) is 0 Å². The van der Waals surface area contributed by atoms with Crippen LogP contribution in [0.2, 0.25) is 5.02 Å². The molecule has 0 saturated heterocycles. The highest BCUT2D eigenvalue weighted by Gasteiger charge is 2.04. The van der Waals surface area contributed by atoms with Crippen molar-refractivity contribution in [1.29, 1.82) is 0 Å². The van der Waals surface area contributed by atoms with Gasteiger partial charge in [0.2, 0.25) is 0 Å². The van der Waals surface area contributed by atoms with Crippen LogP contribution in [-0.2, 0) is 0 Å². The fraction of sp³-hybridized carbons (Fsp3) is 0. The second-order valence-corrected chi connectivity index (χ2v) is 3.55. The van der Waals surface area contributed by atoms with Crippen LogP contribution in [0.25, 0.3) is 10.1 Å². The topological polar surface area (TPSA) is 20.2 Å². The van der Waals surface area contributed by atoms with Gasteiger partial charge in [0.05, 0.1) is 10.4 Å². The summed E-state index contributed by atoms with van der Waals surface area (Å²) in [5.41, 5.74) is 0. The molecule has 1 nitrogen and oxygen atoms in total. The van der Waals surface area contributed by atoms with E-state index in [-0.39, 0.29) is 5.75 Å². The van der Waals surface area contributed by atoms with Gasteiger partial charge in [-0.2, -0.15) is 0 Å². The van der Waals surface area contributed by atoms with Crippen molar-refractivity contribution < 1.29 is 5.11 Å². The van der Waals surface area contributed by atoms with E-state index in [9.17, 15) is 5.11 Å². The fourth-order valence-corrected chi connectivity index (χ4v) is 2.20. The normalized spacial score (nSPS) is 10.6. The van der Waals surface area contributed by atoms with Gasteiger partial charge in [0.15, 0.2) is 0 Å². The molecule has 0 amide bonds. The molecule has 2 rings (SSSR count). The second kappa shape index (κ2) is 2.40. The summed E-state index contributed by atoms with van der Waals surface area (Å²) in [5, 5.41) is 12.4. The predicted molar refractivity (Wildman–Crippen MR) is 48.5 cm³/mol. The molecule has 1 N–H and O–H groups in total. The van der Waals surface area contributed by atoms with E-state index in [0.29, 0.717) is 5.02 Å². The Balaban J connectivity index is 2.96. The first-order valence-corrected chi connectivity index (χ1v) is 4.39. The van der Waals surface area contributed by atoms with Crippen molar-refractivity contribution in [3.05, 3.63) is 28.6 Å². The molecule has 11 heavy (non-hydrogen) atoms. The largest absolute Gasteiger partial charge is 0.506 e. The standard InChI is InChI=1S/C8H5ClOS/c9-5-2-1-3-7-8(5)6(10)4-11-7/h1-4,10H. The number of hydrogen-bond acceptors (Lipinski definition) is 2. The van der Waals surface area contributed by atoms with E-state index in [1.165, 1.54) is 11.3 Å². The average Bonchev–Trinajstić information content (AvgIpc) is 2.34. The van der Waals surface area contributed by atoms with Crippen LogP contribution in [0, 0.1) is 0 Å². The van der Waals surface area contributed by atoms with Crippen LogP contribution in [0.3, 0.4) is 0 Å². The summed E-state index contributed by atoms with van der Waals surface area (Å²) in [5.74, 6) is 0.274. The lowest BCUT2D eigenvalue weighted by molar-refractivity contribution is 0.484. The van der Waals surface area contributed by atoms with Crippen molar-refractivity contribution in [3.63, 3.8) is 0 Å². The molecule has 0 aliphatic carbocycles. The van der Waals surface area contributed by atoms with Crippen molar-refractivity contribution in [1.82, 2.24) is 0 Å². The highest BCUT2D eigenvalue weighted by Crippen LogP contribution is 2.35.